The van der Waals surface area contributed by atoms with Crippen molar-refractivity contribution in [3.8, 4) is 0 Å². The summed E-state index contributed by atoms with van der Waals surface area (Å²) < 4.78 is 32.0. The molecule has 1 amide bonds. The molecule has 0 heterocycles. The predicted molar refractivity (Wildman–Crippen MR) is 92.4 cm³/mol. The van der Waals surface area contributed by atoms with E-state index < -0.39 is 22.1 Å². The molecule has 7 nitrogen and oxygen atoms in total. The molecule has 25 heavy (non-hydrogen) atoms. The normalized spacial score (nSPS) is 15.5. The Morgan fingerprint density at radius 1 is 1.28 bits per heavy atom. The third-order valence-electron chi connectivity index (χ3n) is 3.84. The van der Waals surface area contributed by atoms with Gasteiger partial charge in [-0.1, -0.05) is 17.7 Å². The maximum Gasteiger partial charge on any atom is 0.307 e. The van der Waals surface area contributed by atoms with Crippen molar-refractivity contribution in [2.24, 2.45) is 0 Å². The summed E-state index contributed by atoms with van der Waals surface area (Å²) in [6.07, 6.45) is 0.869. The van der Waals surface area contributed by atoms with Crippen molar-refractivity contribution in [1.29, 1.82) is 0 Å². The van der Waals surface area contributed by atoms with Crippen LogP contribution >= 0.6 is 0 Å². The fourth-order valence-electron chi connectivity index (χ4n) is 2.32. The first-order valence-electron chi connectivity index (χ1n) is 8.26. The quantitative estimate of drug-likeness (QED) is 0.671. The van der Waals surface area contributed by atoms with Gasteiger partial charge in [0.1, 0.15) is 0 Å². The van der Waals surface area contributed by atoms with Gasteiger partial charge in [-0.25, -0.2) is 13.1 Å². The molecule has 0 radical (unpaired) electrons. The van der Waals surface area contributed by atoms with Crippen LogP contribution in [0.3, 0.4) is 0 Å². The molecule has 0 bridgehead atoms. The van der Waals surface area contributed by atoms with Gasteiger partial charge in [0, 0.05) is 12.6 Å². The van der Waals surface area contributed by atoms with Crippen molar-refractivity contribution in [2.75, 3.05) is 6.54 Å². The molecule has 2 rings (SSSR count). The Morgan fingerprint density at radius 3 is 2.56 bits per heavy atom. The highest BCUT2D eigenvalue weighted by Gasteiger charge is 2.27. The Hall–Kier alpha value is -1.93. The van der Waals surface area contributed by atoms with Gasteiger partial charge in [-0.15, -0.1) is 0 Å². The van der Waals surface area contributed by atoms with Gasteiger partial charge in [0.05, 0.1) is 11.3 Å². The Bertz CT molecular complexity index is 756. The fourth-order valence-corrected chi connectivity index (χ4v) is 3.58. The van der Waals surface area contributed by atoms with Crippen LogP contribution in [0.5, 0.6) is 0 Å². The maximum absolute atomic E-state index is 12.3. The SMILES string of the molecule is Cc1ccc(S(=O)(=O)NCCC(=O)O[C@H](C)C(=O)NC2CC2)c(C)c1. The number of hydrogen-bond donors (Lipinski definition) is 2. The number of aryl methyl sites for hydroxylation is 2. The van der Waals surface area contributed by atoms with Crippen molar-refractivity contribution in [3.63, 3.8) is 0 Å². The van der Waals surface area contributed by atoms with Crippen LogP contribution in [0.2, 0.25) is 0 Å². The van der Waals surface area contributed by atoms with E-state index in [4.69, 9.17) is 4.74 Å². The summed E-state index contributed by atoms with van der Waals surface area (Å²) in [6.45, 7) is 5.00. The van der Waals surface area contributed by atoms with Crippen LogP contribution in [0.1, 0.15) is 37.3 Å². The number of amides is 1. The van der Waals surface area contributed by atoms with Crippen molar-refractivity contribution in [3.05, 3.63) is 29.3 Å². The molecule has 1 saturated carbocycles. The van der Waals surface area contributed by atoms with E-state index in [0.29, 0.717) is 5.56 Å². The Balaban J connectivity index is 1.80. The van der Waals surface area contributed by atoms with E-state index in [-0.39, 0.29) is 29.8 Å². The minimum atomic E-state index is -3.69. The summed E-state index contributed by atoms with van der Waals surface area (Å²) in [6, 6.07) is 5.23. The minimum Gasteiger partial charge on any atom is -0.453 e. The molecule has 1 aliphatic rings. The van der Waals surface area contributed by atoms with E-state index in [1.807, 2.05) is 6.92 Å². The Kier molecular flexibility index (Phi) is 6.18. The topological polar surface area (TPSA) is 102 Å². The third kappa shape index (κ3) is 5.82. The van der Waals surface area contributed by atoms with E-state index in [9.17, 15) is 18.0 Å². The van der Waals surface area contributed by atoms with Crippen LogP contribution in [0.15, 0.2) is 23.1 Å². The fraction of sp³-hybridized carbons (Fsp3) is 0.529. The second kappa shape index (κ2) is 7.97. The summed E-state index contributed by atoms with van der Waals surface area (Å²) in [7, 11) is -3.69. The van der Waals surface area contributed by atoms with E-state index >= 15 is 0 Å². The van der Waals surface area contributed by atoms with Crippen molar-refractivity contribution < 1.29 is 22.7 Å². The van der Waals surface area contributed by atoms with Crippen LogP contribution in [0.25, 0.3) is 0 Å². The van der Waals surface area contributed by atoms with E-state index in [1.165, 1.54) is 13.0 Å². The highest BCUT2D eigenvalue weighted by Crippen LogP contribution is 2.19. The highest BCUT2D eigenvalue weighted by atomic mass is 32.2. The zero-order valence-electron chi connectivity index (χ0n) is 14.7. The summed E-state index contributed by atoms with van der Waals surface area (Å²) >= 11 is 0. The zero-order valence-corrected chi connectivity index (χ0v) is 15.5. The Labute approximate surface area is 148 Å². The van der Waals surface area contributed by atoms with E-state index in [1.54, 1.807) is 19.1 Å². The van der Waals surface area contributed by atoms with Crippen LogP contribution in [-0.2, 0) is 24.3 Å². The Morgan fingerprint density at radius 2 is 1.96 bits per heavy atom. The molecular formula is C17H24N2O5S. The van der Waals surface area contributed by atoms with Gasteiger partial charge in [-0.3, -0.25) is 9.59 Å². The molecule has 1 aromatic rings. The average Bonchev–Trinajstić information content (AvgIpc) is 3.30. The lowest BCUT2D eigenvalue weighted by atomic mass is 10.2. The van der Waals surface area contributed by atoms with Gasteiger partial charge in [0.15, 0.2) is 6.10 Å². The number of rotatable bonds is 8. The molecule has 1 atom stereocenters. The number of esters is 1. The predicted octanol–water partition coefficient (Wildman–Crippen LogP) is 1.18. The number of hydrogen-bond acceptors (Lipinski definition) is 5. The second-order valence-electron chi connectivity index (χ2n) is 6.33. The average molecular weight is 368 g/mol. The number of carbonyl (C=O) groups excluding carboxylic acids is 2. The first kappa shape index (κ1) is 19.4. The molecule has 1 aliphatic carbocycles. The molecule has 1 aromatic carbocycles. The van der Waals surface area contributed by atoms with Gasteiger partial charge in [0.25, 0.3) is 5.91 Å². The molecule has 2 N–H and O–H groups in total. The van der Waals surface area contributed by atoms with Crippen molar-refractivity contribution in [2.45, 2.75) is 57.1 Å². The van der Waals surface area contributed by atoms with E-state index in [0.717, 1.165) is 18.4 Å². The lowest BCUT2D eigenvalue weighted by Gasteiger charge is -2.13. The number of carbonyl (C=O) groups is 2. The molecule has 138 valence electrons. The molecule has 8 heteroatoms. The number of benzene rings is 1. The summed E-state index contributed by atoms with van der Waals surface area (Å²) in [5.74, 6) is -0.950. The molecule has 0 unspecified atom stereocenters. The van der Waals surface area contributed by atoms with Gasteiger partial charge in [-0.2, -0.15) is 0 Å². The zero-order chi connectivity index (χ0) is 18.6. The van der Waals surface area contributed by atoms with Crippen molar-refractivity contribution in [1.82, 2.24) is 10.0 Å². The lowest BCUT2D eigenvalue weighted by molar-refractivity contribution is -0.154. The number of ether oxygens (including phenoxy) is 1. The second-order valence-corrected chi connectivity index (χ2v) is 8.07. The first-order chi connectivity index (χ1) is 11.7. The van der Waals surface area contributed by atoms with E-state index in [2.05, 4.69) is 10.0 Å². The molecule has 0 aliphatic heterocycles. The van der Waals surface area contributed by atoms with Crippen molar-refractivity contribution >= 4 is 21.9 Å². The van der Waals surface area contributed by atoms with Crippen LogP contribution < -0.4 is 10.0 Å². The van der Waals surface area contributed by atoms with Gasteiger partial charge < -0.3 is 10.1 Å². The summed E-state index contributed by atoms with van der Waals surface area (Å²) in [4.78, 5) is 23.7. The van der Waals surface area contributed by atoms with Gasteiger partial charge >= 0.3 is 5.97 Å². The largest absolute Gasteiger partial charge is 0.453 e. The molecule has 0 saturated heterocycles. The lowest BCUT2D eigenvalue weighted by Crippen LogP contribution is -2.37. The number of nitrogens with one attached hydrogen (secondary N) is 2. The molecular weight excluding hydrogens is 344 g/mol. The summed E-state index contributed by atoms with van der Waals surface area (Å²) in [5, 5.41) is 2.74. The minimum absolute atomic E-state index is 0.0918. The van der Waals surface area contributed by atoms with Gasteiger partial charge in [-0.05, 0) is 45.2 Å². The number of sulfonamides is 1. The highest BCUT2D eigenvalue weighted by molar-refractivity contribution is 7.89. The molecule has 1 fully saturated rings. The molecule has 0 aromatic heterocycles. The first-order valence-corrected chi connectivity index (χ1v) is 9.74. The van der Waals surface area contributed by atoms with Crippen LogP contribution in [0.4, 0.5) is 0 Å². The third-order valence-corrected chi connectivity index (χ3v) is 5.46. The van der Waals surface area contributed by atoms with Crippen LogP contribution in [0, 0.1) is 13.8 Å². The smallest absolute Gasteiger partial charge is 0.307 e. The summed E-state index contributed by atoms with van der Waals surface area (Å²) in [5.41, 5.74) is 1.61. The maximum atomic E-state index is 12.3. The van der Waals surface area contributed by atoms with Gasteiger partial charge in [0.2, 0.25) is 10.0 Å². The van der Waals surface area contributed by atoms with Crippen LogP contribution in [-0.4, -0.2) is 39.0 Å². The standard InChI is InChI=1S/C17H24N2O5S/c1-11-4-7-15(12(2)10-11)25(22,23)18-9-8-16(20)24-13(3)17(21)19-14-5-6-14/h4,7,10,13-14,18H,5-6,8-9H2,1-3H3,(H,19,21)/t13-/m1/s1. The monoisotopic (exact) mass is 368 g/mol. The molecule has 0 spiro atoms.